The van der Waals surface area contributed by atoms with E-state index in [0.29, 0.717) is 23.0 Å². The molecular formula is C29H26FN5O2S. The zero-order valence-corrected chi connectivity index (χ0v) is 21.8. The van der Waals surface area contributed by atoms with Gasteiger partial charge in [0.15, 0.2) is 23.2 Å². The third-order valence-corrected chi connectivity index (χ3v) is 8.19. The van der Waals surface area contributed by atoms with Gasteiger partial charge in [-0.3, -0.25) is 0 Å². The number of nitrogens with one attached hydrogen (secondary N) is 1. The Labute approximate surface area is 223 Å². The fraction of sp³-hybridized carbons (Fsp3) is 0.241. The van der Waals surface area contributed by atoms with Crippen molar-refractivity contribution in [1.29, 1.82) is 0 Å². The number of benzene rings is 2. The van der Waals surface area contributed by atoms with Crippen molar-refractivity contribution < 1.29 is 13.9 Å². The predicted octanol–water partition coefficient (Wildman–Crippen LogP) is 6.35. The molecule has 0 aliphatic heterocycles. The second kappa shape index (κ2) is 9.98. The maximum Gasteiger partial charge on any atom is 0.199 e. The third-order valence-electron chi connectivity index (χ3n) is 7.07. The Bertz CT molecular complexity index is 1630. The summed E-state index contributed by atoms with van der Waals surface area (Å²) in [5.74, 6) is 1.58. The summed E-state index contributed by atoms with van der Waals surface area (Å²) >= 11 is 1.42. The van der Waals surface area contributed by atoms with Crippen molar-refractivity contribution in [2.75, 3.05) is 12.4 Å². The molecule has 5 aromatic rings. The number of rotatable bonds is 7. The van der Waals surface area contributed by atoms with E-state index in [2.05, 4.69) is 10.3 Å². The SMILES string of the molecule is COc1cccc(-c2sc3nc(-c4nccn4C)nc(N[C@@H]4CC[C@@H](C=O)C4)c3c2-c2ccccc2)c1F. The first-order valence-electron chi connectivity index (χ1n) is 12.5. The Morgan fingerprint density at radius 3 is 2.68 bits per heavy atom. The third kappa shape index (κ3) is 4.22. The van der Waals surface area contributed by atoms with Gasteiger partial charge in [0.05, 0.1) is 12.5 Å². The largest absolute Gasteiger partial charge is 0.494 e. The van der Waals surface area contributed by atoms with Gasteiger partial charge in [0.25, 0.3) is 0 Å². The van der Waals surface area contributed by atoms with Crippen LogP contribution in [0.2, 0.25) is 0 Å². The number of ether oxygens (including phenoxy) is 1. The summed E-state index contributed by atoms with van der Waals surface area (Å²) in [6.45, 7) is 0. The van der Waals surface area contributed by atoms with Crippen LogP contribution in [0.4, 0.5) is 10.2 Å². The number of carbonyl (C=O) groups excluding carboxylic acids is 1. The van der Waals surface area contributed by atoms with Gasteiger partial charge < -0.3 is 19.4 Å². The minimum atomic E-state index is -0.421. The highest BCUT2D eigenvalue weighted by molar-refractivity contribution is 7.22. The topological polar surface area (TPSA) is 81.9 Å². The lowest BCUT2D eigenvalue weighted by atomic mass is 9.99. The average Bonchev–Trinajstić information content (AvgIpc) is 3.67. The Hall–Kier alpha value is -4.11. The zero-order chi connectivity index (χ0) is 26.2. The van der Waals surface area contributed by atoms with Crippen molar-refractivity contribution in [2.24, 2.45) is 13.0 Å². The van der Waals surface area contributed by atoms with E-state index in [1.54, 1.807) is 24.4 Å². The van der Waals surface area contributed by atoms with Crippen LogP contribution < -0.4 is 10.1 Å². The lowest BCUT2D eigenvalue weighted by Crippen LogP contribution is -2.17. The average molecular weight is 528 g/mol. The number of anilines is 1. The van der Waals surface area contributed by atoms with Crippen LogP contribution in [-0.2, 0) is 11.8 Å². The number of hydrogen-bond acceptors (Lipinski definition) is 7. The summed E-state index contributed by atoms with van der Waals surface area (Å²) < 4.78 is 22.8. The van der Waals surface area contributed by atoms with E-state index in [1.165, 1.54) is 18.4 Å². The Balaban J connectivity index is 1.63. The monoisotopic (exact) mass is 527 g/mol. The van der Waals surface area contributed by atoms with Gasteiger partial charge in [-0.15, -0.1) is 11.3 Å². The first-order valence-corrected chi connectivity index (χ1v) is 13.3. The Morgan fingerprint density at radius 1 is 1.13 bits per heavy atom. The Kier molecular flexibility index (Phi) is 6.37. The number of fused-ring (bicyclic) bond motifs is 1. The quantitative estimate of drug-likeness (QED) is 0.248. The van der Waals surface area contributed by atoms with Gasteiger partial charge >= 0.3 is 0 Å². The van der Waals surface area contributed by atoms with Crippen LogP contribution in [0.15, 0.2) is 60.9 Å². The molecule has 0 unspecified atom stereocenters. The van der Waals surface area contributed by atoms with Crippen LogP contribution in [0, 0.1) is 11.7 Å². The van der Waals surface area contributed by atoms with E-state index in [9.17, 15) is 4.79 Å². The van der Waals surface area contributed by atoms with Crippen LogP contribution in [0.1, 0.15) is 19.3 Å². The fourth-order valence-corrected chi connectivity index (χ4v) is 6.38. The summed E-state index contributed by atoms with van der Waals surface area (Å²) in [6, 6.07) is 15.2. The highest BCUT2D eigenvalue weighted by Crippen LogP contribution is 2.48. The minimum absolute atomic E-state index is 0.0383. The van der Waals surface area contributed by atoms with Crippen molar-refractivity contribution in [2.45, 2.75) is 25.3 Å². The molecule has 0 saturated heterocycles. The molecule has 2 atom stereocenters. The van der Waals surface area contributed by atoms with Gasteiger partial charge in [-0.25, -0.2) is 19.3 Å². The normalized spacial score (nSPS) is 17.1. The molecular weight excluding hydrogens is 501 g/mol. The van der Waals surface area contributed by atoms with Gasteiger partial charge in [0.2, 0.25) is 0 Å². The molecule has 1 saturated carbocycles. The molecule has 0 radical (unpaired) electrons. The van der Waals surface area contributed by atoms with Gasteiger partial charge in [0, 0.05) is 47.4 Å². The molecule has 1 fully saturated rings. The molecule has 38 heavy (non-hydrogen) atoms. The zero-order valence-electron chi connectivity index (χ0n) is 21.0. The molecule has 2 aromatic carbocycles. The fourth-order valence-electron chi connectivity index (χ4n) is 5.16. The summed E-state index contributed by atoms with van der Waals surface area (Å²) in [5, 5.41) is 4.45. The van der Waals surface area contributed by atoms with Crippen molar-refractivity contribution in [3.05, 3.63) is 66.7 Å². The van der Waals surface area contributed by atoms with Gasteiger partial charge in [-0.2, -0.15) is 0 Å². The lowest BCUT2D eigenvalue weighted by molar-refractivity contribution is -0.110. The number of thiophene rings is 1. The van der Waals surface area contributed by atoms with Crippen molar-refractivity contribution in [3.63, 3.8) is 0 Å². The lowest BCUT2D eigenvalue weighted by Gasteiger charge is -2.16. The molecule has 9 heteroatoms. The number of methoxy groups -OCH3 is 1. The van der Waals surface area contributed by atoms with Crippen molar-refractivity contribution in [1.82, 2.24) is 19.5 Å². The van der Waals surface area contributed by atoms with Crippen molar-refractivity contribution >= 4 is 33.7 Å². The van der Waals surface area contributed by atoms with E-state index < -0.39 is 5.82 Å². The number of imidazole rings is 1. The number of aryl methyl sites for hydroxylation is 1. The molecule has 6 rings (SSSR count). The summed E-state index contributed by atoms with van der Waals surface area (Å²) in [6.07, 6.45) is 7.06. The van der Waals surface area contributed by atoms with Crippen LogP contribution in [0.3, 0.4) is 0 Å². The van der Waals surface area contributed by atoms with Gasteiger partial charge in [-0.05, 0) is 30.9 Å². The first-order chi connectivity index (χ1) is 18.6. The van der Waals surface area contributed by atoms with Crippen LogP contribution in [-0.4, -0.2) is 39.0 Å². The summed E-state index contributed by atoms with van der Waals surface area (Å²) in [4.78, 5) is 27.3. The highest BCUT2D eigenvalue weighted by atomic mass is 32.1. The molecule has 1 aliphatic rings. The van der Waals surface area contributed by atoms with E-state index in [1.807, 2.05) is 48.1 Å². The Morgan fingerprint density at radius 2 is 1.97 bits per heavy atom. The first kappa shape index (κ1) is 24.2. The maximum absolute atomic E-state index is 15.6. The standard InChI is InChI=1S/C29H26FN5O2S/c1-35-14-13-31-28(35)27-33-26(32-19-12-11-17(15-19)16-36)23-22(18-7-4-3-5-8-18)25(38-29(23)34-27)20-9-6-10-21(37-2)24(20)30/h3-10,13-14,16-17,19H,11-12,15H2,1-2H3,(H,32,33,34)/t17-,19-/m1/s1. The van der Waals surface area contributed by atoms with Crippen LogP contribution in [0.5, 0.6) is 5.75 Å². The summed E-state index contributed by atoms with van der Waals surface area (Å²) in [7, 11) is 3.36. The minimum Gasteiger partial charge on any atom is -0.494 e. The number of hydrogen-bond donors (Lipinski definition) is 1. The number of halogens is 1. The van der Waals surface area contributed by atoms with E-state index in [0.717, 1.165) is 51.8 Å². The van der Waals surface area contributed by atoms with Crippen LogP contribution in [0.25, 0.3) is 43.4 Å². The van der Waals surface area contributed by atoms with E-state index in [-0.39, 0.29) is 17.7 Å². The molecule has 3 heterocycles. The second-order valence-electron chi connectivity index (χ2n) is 9.48. The van der Waals surface area contributed by atoms with E-state index in [4.69, 9.17) is 14.7 Å². The maximum atomic E-state index is 15.6. The molecule has 0 spiro atoms. The molecule has 0 bridgehead atoms. The second-order valence-corrected chi connectivity index (χ2v) is 10.5. The smallest absolute Gasteiger partial charge is 0.199 e. The van der Waals surface area contributed by atoms with Crippen molar-refractivity contribution in [3.8, 4) is 39.0 Å². The molecule has 192 valence electrons. The van der Waals surface area contributed by atoms with Gasteiger partial charge in [-0.1, -0.05) is 42.5 Å². The molecule has 3 aromatic heterocycles. The molecule has 7 nitrogen and oxygen atoms in total. The number of carbonyl (C=O) groups is 1. The van der Waals surface area contributed by atoms with E-state index >= 15 is 4.39 Å². The number of aldehydes is 1. The number of nitrogens with zero attached hydrogens (tertiary/aromatic N) is 4. The highest BCUT2D eigenvalue weighted by Gasteiger charge is 2.29. The summed E-state index contributed by atoms with van der Waals surface area (Å²) in [5.41, 5.74) is 2.23. The van der Waals surface area contributed by atoms with Crippen LogP contribution >= 0.6 is 11.3 Å². The molecule has 1 N–H and O–H groups in total. The molecule has 0 amide bonds. The molecule has 1 aliphatic carbocycles. The predicted molar refractivity (Wildman–Crippen MR) is 148 cm³/mol. The number of aromatic nitrogens is 4. The van der Waals surface area contributed by atoms with Gasteiger partial charge in [0.1, 0.15) is 16.9 Å².